The van der Waals surface area contributed by atoms with Crippen molar-refractivity contribution in [2.24, 2.45) is 5.73 Å². The second-order valence-corrected chi connectivity index (χ2v) is 2.36. The molecule has 12 heavy (non-hydrogen) atoms. The number of hydrogen-bond acceptors (Lipinski definition) is 1. The minimum Gasteiger partial charge on any atom is -0.322 e. The van der Waals surface area contributed by atoms with Crippen LogP contribution in [0.3, 0.4) is 0 Å². The summed E-state index contributed by atoms with van der Waals surface area (Å²) in [6.45, 7) is 14.1. The summed E-state index contributed by atoms with van der Waals surface area (Å²) in [5.41, 5.74) is 5.65. The molecular weight excluding hydrogens is 146 g/mol. The van der Waals surface area contributed by atoms with E-state index in [0.717, 1.165) is 6.42 Å². The third kappa shape index (κ3) is 16.4. The van der Waals surface area contributed by atoms with E-state index < -0.39 is 0 Å². The molecule has 0 aliphatic heterocycles. The van der Waals surface area contributed by atoms with Crippen LogP contribution >= 0.6 is 0 Å². The second-order valence-electron chi connectivity index (χ2n) is 2.36. The van der Waals surface area contributed by atoms with Crippen molar-refractivity contribution in [2.75, 3.05) is 0 Å². The molecule has 0 amide bonds. The normalized spacial score (nSPS) is 13.7. The molecule has 1 atom stereocenters. The highest BCUT2D eigenvalue weighted by atomic mass is 14.7. The van der Waals surface area contributed by atoms with Crippen molar-refractivity contribution in [1.82, 2.24) is 0 Å². The first-order valence-electron chi connectivity index (χ1n) is 5.05. The standard InChI is InChI=1S/C7H15N.2C2H6/c1-4-6-7(3,8)5-2;2*1-2/h4,6H,5,8H2,1-3H3;2*1-2H3/b6-4-;;. The molecule has 1 heteroatoms. The van der Waals surface area contributed by atoms with Gasteiger partial charge in [0.05, 0.1) is 0 Å². The summed E-state index contributed by atoms with van der Waals surface area (Å²) in [6.07, 6.45) is 5.01. The lowest BCUT2D eigenvalue weighted by atomic mass is 10.0. The topological polar surface area (TPSA) is 26.0 Å². The molecule has 76 valence electrons. The first kappa shape index (κ1) is 17.7. The first-order valence-corrected chi connectivity index (χ1v) is 5.05. The van der Waals surface area contributed by atoms with Crippen molar-refractivity contribution in [3.63, 3.8) is 0 Å². The van der Waals surface area contributed by atoms with Gasteiger partial charge in [0, 0.05) is 5.54 Å². The quantitative estimate of drug-likeness (QED) is 0.632. The lowest BCUT2D eigenvalue weighted by molar-refractivity contribution is 0.563. The molecule has 0 heterocycles. The van der Waals surface area contributed by atoms with E-state index in [1.54, 1.807) is 0 Å². The van der Waals surface area contributed by atoms with Gasteiger partial charge >= 0.3 is 0 Å². The Labute approximate surface area is 79.1 Å². The molecule has 0 saturated carbocycles. The van der Waals surface area contributed by atoms with Crippen LogP contribution in [-0.2, 0) is 0 Å². The molecule has 0 rings (SSSR count). The van der Waals surface area contributed by atoms with Gasteiger partial charge in [0.15, 0.2) is 0 Å². The van der Waals surface area contributed by atoms with Gasteiger partial charge in [-0.1, -0.05) is 46.8 Å². The van der Waals surface area contributed by atoms with Gasteiger partial charge in [0.25, 0.3) is 0 Å². The van der Waals surface area contributed by atoms with Crippen LogP contribution in [0.2, 0.25) is 0 Å². The summed E-state index contributed by atoms with van der Waals surface area (Å²) in [7, 11) is 0. The van der Waals surface area contributed by atoms with Crippen molar-refractivity contribution in [2.45, 2.75) is 60.4 Å². The van der Waals surface area contributed by atoms with E-state index in [2.05, 4.69) is 6.92 Å². The molecule has 1 nitrogen and oxygen atoms in total. The molecule has 0 radical (unpaired) electrons. The molecule has 0 bridgehead atoms. The Morgan fingerprint density at radius 2 is 1.50 bits per heavy atom. The molecule has 0 aromatic heterocycles. The summed E-state index contributed by atoms with van der Waals surface area (Å²) in [5, 5.41) is 0. The Kier molecular flexibility index (Phi) is 19.6. The van der Waals surface area contributed by atoms with Crippen molar-refractivity contribution in [1.29, 1.82) is 0 Å². The van der Waals surface area contributed by atoms with Gasteiger partial charge in [-0.25, -0.2) is 0 Å². The SMILES string of the molecule is C/C=C\C(C)(N)CC.CC.CC. The van der Waals surface area contributed by atoms with Crippen LogP contribution in [0.5, 0.6) is 0 Å². The van der Waals surface area contributed by atoms with Gasteiger partial charge in [0.1, 0.15) is 0 Å². The summed E-state index contributed by atoms with van der Waals surface area (Å²) in [5.74, 6) is 0. The van der Waals surface area contributed by atoms with Crippen molar-refractivity contribution in [3.8, 4) is 0 Å². The maximum Gasteiger partial charge on any atom is 0.0307 e. The first-order chi connectivity index (χ1) is 5.62. The Hall–Kier alpha value is -0.300. The smallest absolute Gasteiger partial charge is 0.0307 e. The van der Waals surface area contributed by atoms with Crippen LogP contribution in [0.1, 0.15) is 54.9 Å². The van der Waals surface area contributed by atoms with Crippen molar-refractivity contribution < 1.29 is 0 Å². The zero-order chi connectivity index (χ0) is 10.6. The highest BCUT2D eigenvalue weighted by Crippen LogP contribution is 2.04. The van der Waals surface area contributed by atoms with E-state index in [-0.39, 0.29) is 5.54 Å². The fraction of sp³-hybridized carbons (Fsp3) is 0.818. The van der Waals surface area contributed by atoms with Gasteiger partial charge in [0.2, 0.25) is 0 Å². The second kappa shape index (κ2) is 13.3. The van der Waals surface area contributed by atoms with Gasteiger partial charge in [-0.2, -0.15) is 0 Å². The molecule has 2 N–H and O–H groups in total. The minimum absolute atomic E-state index is 0.0885. The third-order valence-corrected chi connectivity index (χ3v) is 1.31. The van der Waals surface area contributed by atoms with E-state index >= 15 is 0 Å². The van der Waals surface area contributed by atoms with Gasteiger partial charge in [-0.3, -0.25) is 0 Å². The fourth-order valence-corrected chi connectivity index (χ4v) is 0.499. The predicted molar refractivity (Wildman–Crippen MR) is 60.4 cm³/mol. The maximum atomic E-state index is 5.74. The predicted octanol–water partition coefficient (Wildman–Crippen LogP) is 3.74. The molecule has 0 aromatic carbocycles. The number of hydrogen-bond donors (Lipinski definition) is 1. The maximum absolute atomic E-state index is 5.74. The number of nitrogens with two attached hydrogens (primary N) is 1. The summed E-state index contributed by atoms with van der Waals surface area (Å²) < 4.78 is 0. The molecule has 0 aliphatic rings. The van der Waals surface area contributed by atoms with Gasteiger partial charge < -0.3 is 5.73 Å². The molecule has 0 saturated heterocycles. The van der Waals surface area contributed by atoms with E-state index in [4.69, 9.17) is 5.73 Å². The molecule has 0 aliphatic carbocycles. The van der Waals surface area contributed by atoms with E-state index in [1.807, 2.05) is 53.7 Å². The van der Waals surface area contributed by atoms with Gasteiger partial charge in [-0.15, -0.1) is 0 Å². The molecule has 0 aromatic rings. The van der Waals surface area contributed by atoms with Crippen LogP contribution < -0.4 is 5.73 Å². The lowest BCUT2D eigenvalue weighted by Gasteiger charge is -2.16. The van der Waals surface area contributed by atoms with Crippen LogP contribution in [-0.4, -0.2) is 5.54 Å². The Morgan fingerprint density at radius 1 is 1.17 bits per heavy atom. The van der Waals surface area contributed by atoms with E-state index in [9.17, 15) is 0 Å². The van der Waals surface area contributed by atoms with E-state index in [1.165, 1.54) is 0 Å². The van der Waals surface area contributed by atoms with E-state index in [0.29, 0.717) is 0 Å². The third-order valence-electron chi connectivity index (χ3n) is 1.31. The minimum atomic E-state index is -0.0885. The zero-order valence-electron chi connectivity index (χ0n) is 9.94. The Morgan fingerprint density at radius 3 is 1.58 bits per heavy atom. The average molecular weight is 173 g/mol. The van der Waals surface area contributed by atoms with Crippen LogP contribution in [0.25, 0.3) is 0 Å². The highest BCUT2D eigenvalue weighted by Gasteiger charge is 2.08. The molecule has 0 spiro atoms. The summed E-state index contributed by atoms with van der Waals surface area (Å²) >= 11 is 0. The van der Waals surface area contributed by atoms with Crippen molar-refractivity contribution >= 4 is 0 Å². The van der Waals surface area contributed by atoms with Crippen LogP contribution in [0.15, 0.2) is 12.2 Å². The monoisotopic (exact) mass is 173 g/mol. The average Bonchev–Trinajstić information content (AvgIpc) is 2.12. The Bertz CT molecular complexity index is 83.0. The molecule has 1 unspecified atom stereocenters. The summed E-state index contributed by atoms with van der Waals surface area (Å²) in [6, 6.07) is 0. The Balaban J connectivity index is -0.000000175. The van der Waals surface area contributed by atoms with Crippen LogP contribution in [0.4, 0.5) is 0 Å². The lowest BCUT2D eigenvalue weighted by Crippen LogP contribution is -2.32. The zero-order valence-corrected chi connectivity index (χ0v) is 9.94. The molecule has 0 fully saturated rings. The van der Waals surface area contributed by atoms with Crippen LogP contribution in [0, 0.1) is 0 Å². The van der Waals surface area contributed by atoms with Gasteiger partial charge in [-0.05, 0) is 20.3 Å². The highest BCUT2D eigenvalue weighted by molar-refractivity contribution is 4.99. The number of allylic oxidation sites excluding steroid dienone is 1. The largest absolute Gasteiger partial charge is 0.322 e. The number of rotatable bonds is 2. The molecular formula is C11H27N. The fourth-order valence-electron chi connectivity index (χ4n) is 0.499. The van der Waals surface area contributed by atoms with Crippen molar-refractivity contribution in [3.05, 3.63) is 12.2 Å². The summed E-state index contributed by atoms with van der Waals surface area (Å²) in [4.78, 5) is 0.